The van der Waals surface area contributed by atoms with Gasteiger partial charge in [0.05, 0.1) is 6.26 Å². The minimum Gasteiger partial charge on any atom is -0.463 e. The van der Waals surface area contributed by atoms with Crippen molar-refractivity contribution in [1.82, 2.24) is 0 Å². The van der Waals surface area contributed by atoms with Crippen LogP contribution in [0.3, 0.4) is 0 Å². The van der Waals surface area contributed by atoms with Gasteiger partial charge >= 0.3 is 0 Å². The number of oxime groups is 1. The Morgan fingerprint density at radius 1 is 0.905 bits per heavy atom. The van der Waals surface area contributed by atoms with E-state index in [9.17, 15) is 0 Å². The van der Waals surface area contributed by atoms with Crippen molar-refractivity contribution in [2.45, 2.75) is 80.1 Å². The predicted molar refractivity (Wildman–Crippen MR) is 95.6 cm³/mol. The van der Waals surface area contributed by atoms with Gasteiger partial charge in [-0.2, -0.15) is 0 Å². The summed E-state index contributed by atoms with van der Waals surface area (Å²) in [7, 11) is 0. The van der Waals surface area contributed by atoms with Crippen LogP contribution in [0.5, 0.6) is 0 Å². The molecule has 0 aromatic carbocycles. The first-order chi connectivity index (χ1) is 9.67. The van der Waals surface area contributed by atoms with Crippen LogP contribution in [0.2, 0.25) is 0 Å². The Bertz CT molecular complexity index is 234. The summed E-state index contributed by atoms with van der Waals surface area (Å²) in [6.45, 7) is 13.1. The Hall–Kier alpha value is -0.451. The standard InChI is InChI=1S/C5H5NO2.3C4H10.Sn/c7-6-4-5-2-1-3-8-5;3*1-3-4-2;/h1-4,7H;3*3-4H2,1-2H3;/b6-4+;;;;. The summed E-state index contributed by atoms with van der Waals surface area (Å²) >= 11 is 0. The molecule has 0 aliphatic rings. The average Bonchev–Trinajstić information content (AvgIpc) is 3.01. The van der Waals surface area contributed by atoms with E-state index in [1.54, 1.807) is 12.1 Å². The van der Waals surface area contributed by atoms with Gasteiger partial charge in [-0.1, -0.05) is 85.2 Å². The van der Waals surface area contributed by atoms with E-state index < -0.39 is 0 Å². The molecule has 21 heavy (non-hydrogen) atoms. The number of hydrogen-bond acceptors (Lipinski definition) is 3. The molecule has 1 rings (SSSR count). The zero-order chi connectivity index (χ0) is 16.1. The molecule has 3 nitrogen and oxygen atoms in total. The van der Waals surface area contributed by atoms with Crippen LogP contribution in [-0.2, 0) is 0 Å². The van der Waals surface area contributed by atoms with Crippen molar-refractivity contribution in [3.05, 3.63) is 24.2 Å². The van der Waals surface area contributed by atoms with Gasteiger partial charge in [-0.15, -0.1) is 0 Å². The molecule has 1 aromatic rings. The smallest absolute Gasteiger partial charge is 0.148 e. The minimum absolute atomic E-state index is 0. The molecule has 0 spiro atoms. The monoisotopic (exact) mass is 405 g/mol. The molecule has 0 atom stereocenters. The van der Waals surface area contributed by atoms with Crippen LogP contribution in [0.15, 0.2) is 28.0 Å². The molecule has 0 bridgehead atoms. The van der Waals surface area contributed by atoms with Gasteiger partial charge in [0.15, 0.2) is 0 Å². The van der Waals surface area contributed by atoms with Gasteiger partial charge in [-0.3, -0.25) is 0 Å². The van der Waals surface area contributed by atoms with Crippen molar-refractivity contribution in [1.29, 1.82) is 0 Å². The summed E-state index contributed by atoms with van der Waals surface area (Å²) in [6.07, 6.45) is 10.6. The molecule has 0 aliphatic carbocycles. The zero-order valence-corrected chi connectivity index (χ0v) is 17.7. The third kappa shape index (κ3) is 38.2. The Morgan fingerprint density at radius 3 is 1.48 bits per heavy atom. The van der Waals surface area contributed by atoms with Gasteiger partial charge in [-0.25, -0.2) is 0 Å². The third-order valence-electron chi connectivity index (χ3n) is 2.23. The average molecular weight is 404 g/mol. The second kappa shape index (κ2) is 31.8. The molecule has 0 aliphatic heterocycles. The van der Waals surface area contributed by atoms with Crippen LogP contribution in [0.25, 0.3) is 0 Å². The molecule has 1 aromatic heterocycles. The first-order valence-corrected chi connectivity index (χ1v) is 7.88. The second-order valence-corrected chi connectivity index (χ2v) is 4.26. The van der Waals surface area contributed by atoms with E-state index in [0.717, 1.165) is 0 Å². The number of rotatable bonds is 4. The molecule has 0 saturated carbocycles. The molecule has 1 heterocycles. The van der Waals surface area contributed by atoms with E-state index in [2.05, 4.69) is 46.7 Å². The van der Waals surface area contributed by atoms with Crippen molar-refractivity contribution in [2.75, 3.05) is 0 Å². The van der Waals surface area contributed by atoms with E-state index in [1.165, 1.54) is 51.0 Å². The van der Waals surface area contributed by atoms with Gasteiger partial charge in [0, 0.05) is 23.9 Å². The van der Waals surface area contributed by atoms with Crippen LogP contribution in [0, 0.1) is 0 Å². The van der Waals surface area contributed by atoms with Crippen molar-refractivity contribution >= 4 is 30.1 Å². The summed E-state index contributed by atoms with van der Waals surface area (Å²) in [5, 5.41) is 10.7. The second-order valence-electron chi connectivity index (χ2n) is 4.26. The van der Waals surface area contributed by atoms with E-state index >= 15 is 0 Å². The quantitative estimate of drug-likeness (QED) is 0.284. The fourth-order valence-electron chi connectivity index (χ4n) is 0.422. The molecule has 0 fully saturated rings. The van der Waals surface area contributed by atoms with Crippen LogP contribution < -0.4 is 0 Å². The number of nitrogens with zero attached hydrogens (tertiary/aromatic N) is 1. The maximum Gasteiger partial charge on any atom is 0.148 e. The van der Waals surface area contributed by atoms with Crippen LogP contribution in [0.4, 0.5) is 0 Å². The summed E-state index contributed by atoms with van der Waals surface area (Å²) in [5.41, 5.74) is 0. The van der Waals surface area contributed by atoms with Crippen molar-refractivity contribution in [3.8, 4) is 0 Å². The van der Waals surface area contributed by atoms with E-state index in [4.69, 9.17) is 9.62 Å². The molecule has 4 heteroatoms. The van der Waals surface area contributed by atoms with Gasteiger partial charge in [0.1, 0.15) is 12.0 Å². The molecular formula is C17H35NO2Sn. The van der Waals surface area contributed by atoms with Gasteiger partial charge in [-0.05, 0) is 12.1 Å². The van der Waals surface area contributed by atoms with Gasteiger partial charge < -0.3 is 9.62 Å². The predicted octanol–water partition coefficient (Wildman–Crippen LogP) is 6.13. The molecule has 4 radical (unpaired) electrons. The third-order valence-corrected chi connectivity index (χ3v) is 2.23. The largest absolute Gasteiger partial charge is 0.463 e. The summed E-state index contributed by atoms with van der Waals surface area (Å²) in [5.74, 6) is 0.549. The SMILES string of the molecule is CCCC.CCCC.CCCC.O/N=C/c1ccco1.[Sn]. The molecule has 0 saturated heterocycles. The van der Waals surface area contributed by atoms with Crippen molar-refractivity contribution < 1.29 is 9.62 Å². The van der Waals surface area contributed by atoms with Gasteiger partial charge in [0.2, 0.25) is 0 Å². The summed E-state index contributed by atoms with van der Waals surface area (Å²) in [4.78, 5) is 0. The van der Waals surface area contributed by atoms with Crippen LogP contribution in [-0.4, -0.2) is 35.3 Å². The van der Waals surface area contributed by atoms with E-state index in [0.29, 0.717) is 5.76 Å². The minimum atomic E-state index is 0. The Morgan fingerprint density at radius 2 is 1.29 bits per heavy atom. The van der Waals surface area contributed by atoms with Gasteiger partial charge in [0.25, 0.3) is 0 Å². The maximum absolute atomic E-state index is 7.95. The fraction of sp³-hybridized carbons (Fsp3) is 0.706. The fourth-order valence-corrected chi connectivity index (χ4v) is 0.422. The van der Waals surface area contributed by atoms with Crippen molar-refractivity contribution in [2.24, 2.45) is 5.16 Å². The maximum atomic E-state index is 7.95. The Labute approximate surface area is 149 Å². The Balaban J connectivity index is -0.0000000973. The molecule has 0 amide bonds. The summed E-state index contributed by atoms with van der Waals surface area (Å²) < 4.78 is 4.76. The summed E-state index contributed by atoms with van der Waals surface area (Å²) in [6, 6.07) is 3.41. The van der Waals surface area contributed by atoms with E-state index in [1.807, 2.05) is 0 Å². The molecular weight excluding hydrogens is 369 g/mol. The molecule has 124 valence electrons. The first kappa shape index (κ1) is 28.7. The first-order valence-electron chi connectivity index (χ1n) is 7.88. The molecule has 1 N–H and O–H groups in total. The number of hydrogen-bond donors (Lipinski definition) is 1. The van der Waals surface area contributed by atoms with Crippen LogP contribution >= 0.6 is 0 Å². The Kier molecular flexibility index (Phi) is 43.4. The number of furan rings is 1. The number of unbranched alkanes of at least 4 members (excludes halogenated alkanes) is 3. The zero-order valence-electron chi connectivity index (χ0n) is 14.9. The molecule has 0 unspecified atom stereocenters. The van der Waals surface area contributed by atoms with Crippen molar-refractivity contribution in [3.63, 3.8) is 0 Å². The van der Waals surface area contributed by atoms with Crippen LogP contribution in [0.1, 0.15) is 85.8 Å². The topological polar surface area (TPSA) is 45.7 Å². The normalized spacial score (nSPS) is 8.29. The van der Waals surface area contributed by atoms with E-state index in [-0.39, 0.29) is 23.9 Å².